The van der Waals surface area contributed by atoms with Crippen molar-refractivity contribution in [3.63, 3.8) is 0 Å². The van der Waals surface area contributed by atoms with E-state index in [9.17, 15) is 10.2 Å². The summed E-state index contributed by atoms with van der Waals surface area (Å²) in [5.41, 5.74) is 2.01. The van der Waals surface area contributed by atoms with Crippen LogP contribution in [0.15, 0.2) is 18.2 Å². The fraction of sp³-hybridized carbons (Fsp3) is 0.727. The number of aliphatic hydroxyl groups excluding tert-OH is 2. The van der Waals surface area contributed by atoms with Gasteiger partial charge in [-0.25, -0.2) is 0 Å². The first kappa shape index (κ1) is 21.2. The molecule has 0 saturated carbocycles. The molecule has 0 aromatic heterocycles. The minimum absolute atomic E-state index is 0.158. The molecule has 1 unspecified atom stereocenters. The van der Waals surface area contributed by atoms with Crippen LogP contribution < -0.4 is 4.74 Å². The number of aryl methyl sites for hydroxylation is 1. The number of aliphatic hydroxyl groups is 2. The maximum absolute atomic E-state index is 10.7. The molecule has 1 saturated heterocycles. The first-order valence-electron chi connectivity index (χ1n) is 9.79. The normalized spacial score (nSPS) is 21.8. The molecule has 1 heterocycles. The van der Waals surface area contributed by atoms with Crippen LogP contribution >= 0.6 is 0 Å². The molecule has 0 amide bonds. The van der Waals surface area contributed by atoms with Gasteiger partial charge in [0.15, 0.2) is 0 Å². The first-order valence-corrected chi connectivity index (χ1v) is 9.79. The second kappa shape index (κ2) is 7.87. The Morgan fingerprint density at radius 3 is 2.27 bits per heavy atom. The molecule has 1 atom stereocenters. The van der Waals surface area contributed by atoms with E-state index in [1.54, 1.807) is 0 Å². The van der Waals surface area contributed by atoms with Crippen LogP contribution in [-0.4, -0.2) is 51.6 Å². The van der Waals surface area contributed by atoms with Crippen LogP contribution in [0.4, 0.5) is 0 Å². The number of hydrogen-bond acceptors (Lipinski definition) is 4. The molecule has 148 valence electrons. The largest absolute Gasteiger partial charge is 0.491 e. The number of likely N-dealkylation sites (tertiary alicyclic amines) is 1. The van der Waals surface area contributed by atoms with Crippen molar-refractivity contribution in [3.05, 3.63) is 29.3 Å². The van der Waals surface area contributed by atoms with Crippen molar-refractivity contribution >= 4 is 0 Å². The zero-order valence-corrected chi connectivity index (χ0v) is 17.5. The molecule has 0 radical (unpaired) electrons. The van der Waals surface area contributed by atoms with Crippen molar-refractivity contribution in [1.29, 1.82) is 0 Å². The number of piperidine rings is 1. The number of nitrogens with zero attached hydrogens (tertiary/aromatic N) is 1. The number of ether oxygens (including phenoxy) is 1. The summed E-state index contributed by atoms with van der Waals surface area (Å²) in [4.78, 5) is 2.32. The van der Waals surface area contributed by atoms with Crippen LogP contribution in [0.5, 0.6) is 5.75 Å². The Labute approximate surface area is 159 Å². The van der Waals surface area contributed by atoms with Gasteiger partial charge in [0.05, 0.1) is 6.10 Å². The zero-order valence-electron chi connectivity index (χ0n) is 17.5. The van der Waals surface area contributed by atoms with E-state index in [-0.39, 0.29) is 23.8 Å². The average molecular weight is 364 g/mol. The summed E-state index contributed by atoms with van der Waals surface area (Å²) in [7, 11) is 0. The maximum Gasteiger partial charge on any atom is 0.123 e. The topological polar surface area (TPSA) is 52.9 Å². The highest BCUT2D eigenvalue weighted by atomic mass is 16.5. The average Bonchev–Trinajstić information content (AvgIpc) is 2.47. The van der Waals surface area contributed by atoms with Crippen LogP contribution in [0, 0.1) is 6.92 Å². The highest BCUT2D eigenvalue weighted by molar-refractivity contribution is 5.39. The summed E-state index contributed by atoms with van der Waals surface area (Å²) in [6, 6.07) is 6.26. The number of β-amino-alcohol motifs (C(OH)–C–C–N with tert-alkyl or cyclic N) is 1. The first-order chi connectivity index (χ1) is 11.9. The van der Waals surface area contributed by atoms with Crippen molar-refractivity contribution in [3.8, 4) is 5.75 Å². The van der Waals surface area contributed by atoms with Crippen molar-refractivity contribution in [2.45, 2.75) is 90.5 Å². The van der Waals surface area contributed by atoms with E-state index in [1.165, 1.54) is 5.56 Å². The Morgan fingerprint density at radius 1 is 1.15 bits per heavy atom. The molecule has 1 aliphatic rings. The van der Waals surface area contributed by atoms with Gasteiger partial charge >= 0.3 is 0 Å². The highest BCUT2D eigenvalue weighted by Crippen LogP contribution is 2.38. The summed E-state index contributed by atoms with van der Waals surface area (Å²) >= 11 is 0. The smallest absolute Gasteiger partial charge is 0.123 e. The zero-order chi connectivity index (χ0) is 19.7. The molecule has 1 aromatic rings. The standard InChI is InChI=1S/C22H37NO3/c1-15(2)19-9-8-16(3)10-20(19)26-14-18(25)13-23-21(4,5)11-17(24)12-22(23,6)7/h8-10,15,17-18,24-25H,11-14H2,1-7H3. The van der Waals surface area contributed by atoms with Crippen LogP contribution in [0.1, 0.15) is 71.4 Å². The van der Waals surface area contributed by atoms with Gasteiger partial charge in [-0.3, -0.25) is 4.90 Å². The lowest BCUT2D eigenvalue weighted by atomic mass is 9.78. The Kier molecular flexibility index (Phi) is 6.42. The molecule has 1 aromatic carbocycles. The number of hydrogen-bond donors (Lipinski definition) is 2. The summed E-state index contributed by atoms with van der Waals surface area (Å²) in [6.45, 7) is 15.7. The summed E-state index contributed by atoms with van der Waals surface area (Å²) < 4.78 is 6.01. The summed E-state index contributed by atoms with van der Waals surface area (Å²) in [6.07, 6.45) is 0.577. The van der Waals surface area contributed by atoms with Gasteiger partial charge in [0.2, 0.25) is 0 Å². The molecule has 1 aliphatic heterocycles. The van der Waals surface area contributed by atoms with Gasteiger partial charge in [0.25, 0.3) is 0 Å². The third-order valence-electron chi connectivity index (χ3n) is 5.55. The van der Waals surface area contributed by atoms with Crippen LogP contribution in [0.25, 0.3) is 0 Å². The van der Waals surface area contributed by atoms with E-state index in [2.05, 4.69) is 65.5 Å². The number of rotatable bonds is 6. The third-order valence-corrected chi connectivity index (χ3v) is 5.55. The Balaban J connectivity index is 2.05. The molecule has 1 fully saturated rings. The van der Waals surface area contributed by atoms with E-state index in [1.807, 2.05) is 6.07 Å². The predicted octanol–water partition coefficient (Wildman–Crippen LogP) is 3.87. The molecule has 4 heteroatoms. The van der Waals surface area contributed by atoms with E-state index in [4.69, 9.17) is 4.74 Å². The number of benzene rings is 1. The van der Waals surface area contributed by atoms with E-state index in [0.717, 1.165) is 24.2 Å². The lowest BCUT2D eigenvalue weighted by Gasteiger charge is -2.55. The molecule has 2 N–H and O–H groups in total. The monoisotopic (exact) mass is 363 g/mol. The van der Waals surface area contributed by atoms with E-state index < -0.39 is 6.10 Å². The molecule has 2 rings (SSSR count). The molecule has 26 heavy (non-hydrogen) atoms. The molecule has 0 spiro atoms. The Bertz CT molecular complexity index is 591. The molecular formula is C22H37NO3. The third kappa shape index (κ3) is 4.99. The van der Waals surface area contributed by atoms with Gasteiger partial charge in [0, 0.05) is 17.6 Å². The molecular weight excluding hydrogens is 326 g/mol. The van der Waals surface area contributed by atoms with Crippen LogP contribution in [-0.2, 0) is 0 Å². The van der Waals surface area contributed by atoms with Crippen molar-refractivity contribution in [1.82, 2.24) is 4.90 Å². The fourth-order valence-electron chi connectivity index (χ4n) is 4.45. The van der Waals surface area contributed by atoms with Gasteiger partial charge in [-0.1, -0.05) is 26.0 Å². The van der Waals surface area contributed by atoms with Gasteiger partial charge in [-0.2, -0.15) is 0 Å². The quantitative estimate of drug-likeness (QED) is 0.805. The SMILES string of the molecule is Cc1ccc(C(C)C)c(OCC(O)CN2C(C)(C)CC(O)CC2(C)C)c1. The second-order valence-electron chi connectivity index (χ2n) is 9.46. The summed E-state index contributed by atoms with van der Waals surface area (Å²) in [5.74, 6) is 1.25. The van der Waals surface area contributed by atoms with Gasteiger partial charge < -0.3 is 14.9 Å². The maximum atomic E-state index is 10.7. The Hall–Kier alpha value is -1.10. The van der Waals surface area contributed by atoms with Crippen molar-refractivity contribution < 1.29 is 14.9 Å². The van der Waals surface area contributed by atoms with E-state index in [0.29, 0.717) is 12.5 Å². The van der Waals surface area contributed by atoms with Crippen LogP contribution in [0.3, 0.4) is 0 Å². The van der Waals surface area contributed by atoms with E-state index >= 15 is 0 Å². The second-order valence-corrected chi connectivity index (χ2v) is 9.46. The van der Waals surface area contributed by atoms with Crippen LogP contribution in [0.2, 0.25) is 0 Å². The molecule has 0 bridgehead atoms. The predicted molar refractivity (Wildman–Crippen MR) is 107 cm³/mol. The van der Waals surface area contributed by atoms with Gasteiger partial charge in [0.1, 0.15) is 18.5 Å². The minimum Gasteiger partial charge on any atom is -0.491 e. The van der Waals surface area contributed by atoms with Gasteiger partial charge in [-0.15, -0.1) is 0 Å². The lowest BCUT2D eigenvalue weighted by Crippen LogP contribution is -2.63. The molecule has 4 nitrogen and oxygen atoms in total. The van der Waals surface area contributed by atoms with Crippen molar-refractivity contribution in [2.75, 3.05) is 13.2 Å². The van der Waals surface area contributed by atoms with Gasteiger partial charge in [-0.05, 0) is 70.6 Å². The molecule has 0 aliphatic carbocycles. The van der Waals surface area contributed by atoms with Crippen molar-refractivity contribution in [2.24, 2.45) is 0 Å². The lowest BCUT2D eigenvalue weighted by molar-refractivity contribution is -0.1000. The minimum atomic E-state index is -0.579. The summed E-state index contributed by atoms with van der Waals surface area (Å²) in [5, 5.41) is 20.8. The highest BCUT2D eigenvalue weighted by Gasteiger charge is 2.45. The fourth-order valence-corrected chi connectivity index (χ4v) is 4.45. The Morgan fingerprint density at radius 2 is 1.73 bits per heavy atom.